The van der Waals surface area contributed by atoms with Crippen molar-refractivity contribution in [3.05, 3.63) is 27.6 Å². The van der Waals surface area contributed by atoms with Crippen molar-refractivity contribution < 1.29 is 10.1 Å². The minimum atomic E-state index is 0.0944. The predicted molar refractivity (Wildman–Crippen MR) is 61.1 cm³/mol. The molecule has 0 unspecified atom stereocenters. The summed E-state index contributed by atoms with van der Waals surface area (Å²) in [6, 6.07) is 1.95. The number of rotatable bonds is 2. The fourth-order valence-corrected chi connectivity index (χ4v) is 2.03. The van der Waals surface area contributed by atoms with Crippen molar-refractivity contribution in [2.45, 2.75) is 19.4 Å². The molecule has 2 heterocycles. The zero-order chi connectivity index (χ0) is 11.5. The van der Waals surface area contributed by atoms with E-state index in [2.05, 4.69) is 4.99 Å². The summed E-state index contributed by atoms with van der Waals surface area (Å²) >= 11 is 1.59. The summed E-state index contributed by atoms with van der Waals surface area (Å²) in [7, 11) is 0. The highest BCUT2D eigenvalue weighted by Crippen LogP contribution is 2.10. The summed E-state index contributed by atoms with van der Waals surface area (Å²) in [5.41, 5.74) is 6.46. The van der Waals surface area contributed by atoms with E-state index in [-0.39, 0.29) is 10.7 Å². The fraction of sp³-hybridized carbons (Fsp3) is 0.333. The lowest BCUT2D eigenvalue weighted by atomic mass is 10.2. The minimum Gasteiger partial charge on any atom is -0.691 e. The van der Waals surface area contributed by atoms with Gasteiger partial charge in [-0.05, 0) is 22.4 Å². The number of amidine groups is 2. The number of nitrogens with two attached hydrogens (primary N) is 1. The molecule has 1 aromatic heterocycles. The van der Waals surface area contributed by atoms with Gasteiger partial charge in [-0.3, -0.25) is 15.9 Å². The minimum absolute atomic E-state index is 0.0944. The fourth-order valence-electron chi connectivity index (χ4n) is 1.37. The van der Waals surface area contributed by atoms with Crippen molar-refractivity contribution in [1.29, 1.82) is 0 Å². The molecule has 0 aliphatic carbocycles. The SMILES string of the molecule is NC1=[N+]([O-])N(O)C(=NCc2ccsc2)CC1. The zero-order valence-electron chi connectivity index (χ0n) is 8.54. The van der Waals surface area contributed by atoms with Gasteiger partial charge in [-0.25, -0.2) is 0 Å². The van der Waals surface area contributed by atoms with Gasteiger partial charge in [0.2, 0.25) is 0 Å². The van der Waals surface area contributed by atoms with Crippen LogP contribution >= 0.6 is 11.3 Å². The van der Waals surface area contributed by atoms with E-state index in [1.54, 1.807) is 11.3 Å². The van der Waals surface area contributed by atoms with Crippen LogP contribution in [0.2, 0.25) is 0 Å². The van der Waals surface area contributed by atoms with Crippen molar-refractivity contribution in [3.63, 3.8) is 0 Å². The van der Waals surface area contributed by atoms with Gasteiger partial charge in [0.15, 0.2) is 5.84 Å². The number of hydrazine groups is 1. The average molecular weight is 240 g/mol. The summed E-state index contributed by atoms with van der Waals surface area (Å²) in [6.07, 6.45) is 0.897. The Morgan fingerprint density at radius 2 is 2.44 bits per heavy atom. The molecule has 86 valence electrons. The summed E-state index contributed by atoms with van der Waals surface area (Å²) in [6.45, 7) is 0.462. The molecular weight excluding hydrogens is 228 g/mol. The quantitative estimate of drug-likeness (QED) is 0.594. The van der Waals surface area contributed by atoms with Crippen molar-refractivity contribution in [2.24, 2.45) is 10.7 Å². The van der Waals surface area contributed by atoms with E-state index in [1.807, 2.05) is 16.8 Å². The Morgan fingerprint density at radius 3 is 3.12 bits per heavy atom. The van der Waals surface area contributed by atoms with Gasteiger partial charge in [0.25, 0.3) is 5.84 Å². The molecule has 16 heavy (non-hydrogen) atoms. The van der Waals surface area contributed by atoms with Crippen LogP contribution in [0, 0.1) is 5.21 Å². The third-order valence-corrected chi connectivity index (χ3v) is 3.01. The van der Waals surface area contributed by atoms with Crippen LogP contribution in [0.15, 0.2) is 21.8 Å². The van der Waals surface area contributed by atoms with Crippen LogP contribution in [0.1, 0.15) is 18.4 Å². The first-order valence-corrected chi connectivity index (χ1v) is 5.74. The second kappa shape index (κ2) is 4.50. The Bertz CT molecular complexity index is 427. The maximum absolute atomic E-state index is 11.2. The monoisotopic (exact) mass is 240 g/mol. The Morgan fingerprint density at radius 1 is 1.62 bits per heavy atom. The van der Waals surface area contributed by atoms with E-state index in [0.717, 1.165) is 5.56 Å². The number of hydrogen-bond acceptors (Lipinski definition) is 5. The van der Waals surface area contributed by atoms with Gasteiger partial charge in [-0.2, -0.15) is 11.3 Å². The van der Waals surface area contributed by atoms with Gasteiger partial charge in [-0.15, -0.1) is 4.85 Å². The molecule has 0 spiro atoms. The molecule has 6 nitrogen and oxygen atoms in total. The number of thiophene rings is 1. The van der Waals surface area contributed by atoms with Crippen molar-refractivity contribution in [2.75, 3.05) is 0 Å². The Hall–Kier alpha value is -1.60. The first kappa shape index (κ1) is 10.9. The van der Waals surface area contributed by atoms with E-state index in [4.69, 9.17) is 5.73 Å². The Kier molecular flexibility index (Phi) is 3.07. The molecule has 0 saturated carbocycles. The molecule has 0 bridgehead atoms. The molecule has 7 heteroatoms. The third kappa shape index (κ3) is 2.15. The largest absolute Gasteiger partial charge is 0.691 e. The number of hydroxylamine groups is 1. The van der Waals surface area contributed by atoms with E-state index in [1.165, 1.54) is 0 Å². The standard InChI is InChI=1S/C9H12N4O2S/c10-8-1-2-9(13(15)12(8)14)11-5-7-3-4-16-6-7/h3-4,6,15H,1-2,5,10H2. The molecule has 1 aliphatic heterocycles. The topological polar surface area (TPSA) is 87.9 Å². The van der Waals surface area contributed by atoms with Gasteiger partial charge >= 0.3 is 0 Å². The van der Waals surface area contributed by atoms with Crippen molar-refractivity contribution in [3.8, 4) is 0 Å². The summed E-state index contributed by atoms with van der Waals surface area (Å²) < 4.78 is 0. The van der Waals surface area contributed by atoms with Crippen LogP contribution in [0.3, 0.4) is 0 Å². The molecule has 0 amide bonds. The molecular formula is C9H12N4O2S. The number of aliphatic imine (C=N–C) groups is 1. The van der Waals surface area contributed by atoms with Gasteiger partial charge < -0.3 is 5.21 Å². The molecule has 3 N–H and O–H groups in total. The number of hydrogen-bond donors (Lipinski definition) is 2. The molecule has 0 radical (unpaired) electrons. The predicted octanol–water partition coefficient (Wildman–Crippen LogP) is 0.914. The smallest absolute Gasteiger partial charge is 0.272 e. The third-order valence-electron chi connectivity index (χ3n) is 2.28. The van der Waals surface area contributed by atoms with Crippen LogP contribution < -0.4 is 5.73 Å². The van der Waals surface area contributed by atoms with Crippen LogP contribution in [-0.4, -0.2) is 26.9 Å². The van der Waals surface area contributed by atoms with Crippen LogP contribution in [0.5, 0.6) is 0 Å². The maximum Gasteiger partial charge on any atom is 0.272 e. The Balaban J connectivity index is 2.09. The van der Waals surface area contributed by atoms with Crippen molar-refractivity contribution >= 4 is 23.0 Å². The second-order valence-electron chi connectivity index (χ2n) is 3.42. The molecule has 0 atom stereocenters. The average Bonchev–Trinajstić information content (AvgIpc) is 2.78. The molecule has 2 rings (SSSR count). The first-order valence-electron chi connectivity index (χ1n) is 4.80. The molecule has 0 saturated heterocycles. The van der Waals surface area contributed by atoms with Crippen molar-refractivity contribution in [1.82, 2.24) is 5.17 Å². The van der Waals surface area contributed by atoms with Gasteiger partial charge in [0.05, 0.1) is 13.0 Å². The first-order chi connectivity index (χ1) is 7.68. The van der Waals surface area contributed by atoms with E-state index in [9.17, 15) is 10.4 Å². The number of hydrazone groups is 1. The van der Waals surface area contributed by atoms with Crippen LogP contribution in [-0.2, 0) is 6.54 Å². The summed E-state index contributed by atoms with van der Waals surface area (Å²) in [4.78, 5) is 4.44. The number of nitrogens with zero attached hydrogens (tertiary/aromatic N) is 3. The van der Waals surface area contributed by atoms with E-state index in [0.29, 0.717) is 30.4 Å². The normalized spacial score (nSPS) is 19.6. The second-order valence-corrected chi connectivity index (χ2v) is 4.20. The van der Waals surface area contributed by atoms with E-state index >= 15 is 0 Å². The zero-order valence-corrected chi connectivity index (χ0v) is 9.35. The van der Waals surface area contributed by atoms with Crippen LogP contribution in [0.25, 0.3) is 0 Å². The highest BCUT2D eigenvalue weighted by atomic mass is 32.1. The maximum atomic E-state index is 11.2. The molecule has 1 aliphatic rings. The lowest BCUT2D eigenvalue weighted by Gasteiger charge is -2.25. The summed E-state index contributed by atoms with van der Waals surface area (Å²) in [5, 5.41) is 25.1. The highest BCUT2D eigenvalue weighted by molar-refractivity contribution is 7.07. The Labute approximate surface area is 96.5 Å². The lowest BCUT2D eigenvalue weighted by molar-refractivity contribution is -0.687. The van der Waals surface area contributed by atoms with E-state index < -0.39 is 0 Å². The van der Waals surface area contributed by atoms with Gasteiger partial charge in [0, 0.05) is 6.42 Å². The molecule has 1 aromatic rings. The lowest BCUT2D eigenvalue weighted by Crippen LogP contribution is -2.45. The molecule has 0 fully saturated rings. The summed E-state index contributed by atoms with van der Waals surface area (Å²) in [5.74, 6) is 0.437. The van der Waals surface area contributed by atoms with Gasteiger partial charge in [0.1, 0.15) is 0 Å². The molecule has 0 aromatic carbocycles. The van der Waals surface area contributed by atoms with Crippen LogP contribution in [0.4, 0.5) is 0 Å². The highest BCUT2D eigenvalue weighted by Gasteiger charge is 2.22. The van der Waals surface area contributed by atoms with Gasteiger partial charge in [-0.1, -0.05) is 5.17 Å².